The van der Waals surface area contributed by atoms with Crippen molar-refractivity contribution in [3.63, 3.8) is 0 Å². The highest BCUT2D eigenvalue weighted by atomic mass is 32.1. The maximum Gasteiger partial charge on any atom is 0.0797 e. The number of anilines is 1. The van der Waals surface area contributed by atoms with E-state index < -0.39 is 0 Å². The standard InChI is InChI=1S/C16H18N2S/c17-15-8-6-13(7-9-15)10-11-18-16(19)12-14-4-2-1-3-5-14/h1-9H,10-12,17H2,(H,18,19). The first-order valence-corrected chi connectivity index (χ1v) is 6.80. The fourth-order valence-electron chi connectivity index (χ4n) is 1.87. The van der Waals surface area contributed by atoms with Crippen molar-refractivity contribution < 1.29 is 0 Å². The van der Waals surface area contributed by atoms with Crippen molar-refractivity contribution in [2.45, 2.75) is 12.8 Å². The van der Waals surface area contributed by atoms with Crippen LogP contribution in [0.5, 0.6) is 0 Å². The highest BCUT2D eigenvalue weighted by Crippen LogP contribution is 2.05. The number of nitrogens with one attached hydrogen (secondary N) is 1. The molecular formula is C16H18N2S. The van der Waals surface area contributed by atoms with Gasteiger partial charge < -0.3 is 11.1 Å². The average molecular weight is 270 g/mol. The summed E-state index contributed by atoms with van der Waals surface area (Å²) in [7, 11) is 0. The van der Waals surface area contributed by atoms with Crippen molar-refractivity contribution in [1.82, 2.24) is 5.32 Å². The van der Waals surface area contributed by atoms with E-state index in [0.29, 0.717) is 0 Å². The van der Waals surface area contributed by atoms with Crippen LogP contribution in [0.4, 0.5) is 5.69 Å². The maximum atomic E-state index is 5.65. The number of nitrogen functional groups attached to an aromatic ring is 1. The summed E-state index contributed by atoms with van der Waals surface area (Å²) in [6, 6.07) is 18.2. The zero-order valence-corrected chi connectivity index (χ0v) is 11.6. The lowest BCUT2D eigenvalue weighted by molar-refractivity contribution is 0.865. The molecule has 2 nitrogen and oxygen atoms in total. The normalized spacial score (nSPS) is 10.1. The Labute approximate surface area is 119 Å². The second-order valence-corrected chi connectivity index (χ2v) is 5.00. The van der Waals surface area contributed by atoms with Crippen LogP contribution in [0.15, 0.2) is 54.6 Å². The predicted octanol–water partition coefficient (Wildman–Crippen LogP) is 2.97. The molecular weight excluding hydrogens is 252 g/mol. The molecule has 0 amide bonds. The molecule has 0 aliphatic rings. The van der Waals surface area contributed by atoms with Gasteiger partial charge in [-0.3, -0.25) is 0 Å². The van der Waals surface area contributed by atoms with Gasteiger partial charge in [-0.05, 0) is 29.7 Å². The third-order valence-corrected chi connectivity index (χ3v) is 3.21. The van der Waals surface area contributed by atoms with E-state index in [0.717, 1.165) is 30.1 Å². The largest absolute Gasteiger partial charge is 0.399 e. The lowest BCUT2D eigenvalue weighted by Crippen LogP contribution is -2.25. The van der Waals surface area contributed by atoms with Gasteiger partial charge in [-0.25, -0.2) is 0 Å². The molecule has 19 heavy (non-hydrogen) atoms. The Kier molecular flexibility index (Phi) is 4.93. The molecule has 0 heterocycles. The first kappa shape index (κ1) is 13.6. The number of thiocarbonyl (C=S) groups is 1. The minimum Gasteiger partial charge on any atom is -0.399 e. The Morgan fingerprint density at radius 3 is 2.32 bits per heavy atom. The second kappa shape index (κ2) is 6.90. The van der Waals surface area contributed by atoms with E-state index in [-0.39, 0.29) is 0 Å². The number of nitrogens with two attached hydrogens (primary N) is 1. The van der Waals surface area contributed by atoms with Gasteiger partial charge >= 0.3 is 0 Å². The van der Waals surface area contributed by atoms with Gasteiger partial charge in [0.05, 0.1) is 4.99 Å². The summed E-state index contributed by atoms with van der Waals surface area (Å²) in [6.45, 7) is 0.857. The Morgan fingerprint density at radius 2 is 1.63 bits per heavy atom. The molecule has 0 aliphatic carbocycles. The summed E-state index contributed by atoms with van der Waals surface area (Å²) in [5.74, 6) is 0. The van der Waals surface area contributed by atoms with Crippen LogP contribution < -0.4 is 11.1 Å². The molecule has 0 radical (unpaired) electrons. The van der Waals surface area contributed by atoms with E-state index in [2.05, 4.69) is 29.6 Å². The molecule has 0 aliphatic heterocycles. The Balaban J connectivity index is 1.74. The summed E-state index contributed by atoms with van der Waals surface area (Å²) in [5, 5.41) is 3.29. The van der Waals surface area contributed by atoms with Crippen LogP contribution in [0.25, 0.3) is 0 Å². The van der Waals surface area contributed by atoms with Crippen LogP contribution in [0, 0.1) is 0 Å². The van der Waals surface area contributed by atoms with Gasteiger partial charge in [0, 0.05) is 18.7 Å². The van der Waals surface area contributed by atoms with Crippen molar-refractivity contribution in [2.75, 3.05) is 12.3 Å². The SMILES string of the molecule is Nc1ccc(CCNC(=S)Cc2ccccc2)cc1. The molecule has 0 unspecified atom stereocenters. The second-order valence-electron chi connectivity index (χ2n) is 4.50. The third-order valence-electron chi connectivity index (χ3n) is 2.92. The predicted molar refractivity (Wildman–Crippen MR) is 85.3 cm³/mol. The van der Waals surface area contributed by atoms with E-state index >= 15 is 0 Å². The number of hydrogen-bond donors (Lipinski definition) is 2. The summed E-state index contributed by atoms with van der Waals surface area (Å²) < 4.78 is 0. The monoisotopic (exact) mass is 270 g/mol. The maximum absolute atomic E-state index is 5.65. The molecule has 98 valence electrons. The van der Waals surface area contributed by atoms with E-state index in [1.165, 1.54) is 11.1 Å². The van der Waals surface area contributed by atoms with Crippen LogP contribution in [0.3, 0.4) is 0 Å². The molecule has 3 heteroatoms. The topological polar surface area (TPSA) is 38.0 Å². The highest BCUT2D eigenvalue weighted by molar-refractivity contribution is 7.80. The molecule has 0 spiro atoms. The molecule has 0 saturated carbocycles. The molecule has 0 aromatic heterocycles. The molecule has 0 atom stereocenters. The fraction of sp³-hybridized carbons (Fsp3) is 0.188. The first-order valence-electron chi connectivity index (χ1n) is 6.39. The van der Waals surface area contributed by atoms with E-state index in [1.54, 1.807) is 0 Å². The average Bonchev–Trinajstić information content (AvgIpc) is 2.42. The van der Waals surface area contributed by atoms with E-state index in [1.807, 2.05) is 30.3 Å². The Morgan fingerprint density at radius 1 is 0.947 bits per heavy atom. The minimum absolute atomic E-state index is 0.802. The number of benzene rings is 2. The lowest BCUT2D eigenvalue weighted by Gasteiger charge is -2.08. The summed E-state index contributed by atoms with van der Waals surface area (Å²) in [5.41, 5.74) is 8.97. The van der Waals surface area contributed by atoms with E-state index in [4.69, 9.17) is 18.0 Å². The highest BCUT2D eigenvalue weighted by Gasteiger charge is 1.99. The molecule has 2 aromatic carbocycles. The molecule has 0 bridgehead atoms. The first-order chi connectivity index (χ1) is 9.24. The molecule has 0 saturated heterocycles. The van der Waals surface area contributed by atoms with Crippen LogP contribution in [-0.2, 0) is 12.8 Å². The van der Waals surface area contributed by atoms with Gasteiger partial charge in [0.25, 0.3) is 0 Å². The van der Waals surface area contributed by atoms with Gasteiger partial charge in [0.15, 0.2) is 0 Å². The number of hydrogen-bond acceptors (Lipinski definition) is 2. The molecule has 2 aromatic rings. The zero-order chi connectivity index (χ0) is 13.5. The van der Waals surface area contributed by atoms with Gasteiger partial charge in [0.2, 0.25) is 0 Å². The Bertz CT molecular complexity index is 520. The summed E-state index contributed by atoms with van der Waals surface area (Å²) in [6.07, 6.45) is 1.76. The summed E-state index contributed by atoms with van der Waals surface area (Å²) >= 11 is 5.34. The van der Waals surface area contributed by atoms with Crippen molar-refractivity contribution in [1.29, 1.82) is 0 Å². The minimum atomic E-state index is 0.802. The number of rotatable bonds is 5. The third kappa shape index (κ3) is 4.72. The van der Waals surface area contributed by atoms with Crippen LogP contribution in [-0.4, -0.2) is 11.5 Å². The van der Waals surface area contributed by atoms with E-state index in [9.17, 15) is 0 Å². The molecule has 0 fully saturated rings. The van der Waals surface area contributed by atoms with Gasteiger partial charge in [-0.2, -0.15) is 0 Å². The van der Waals surface area contributed by atoms with Crippen molar-refractivity contribution in [3.05, 3.63) is 65.7 Å². The Hall–Kier alpha value is -1.87. The van der Waals surface area contributed by atoms with Crippen LogP contribution >= 0.6 is 12.2 Å². The zero-order valence-electron chi connectivity index (χ0n) is 10.8. The quantitative estimate of drug-likeness (QED) is 0.648. The van der Waals surface area contributed by atoms with Crippen molar-refractivity contribution >= 4 is 22.9 Å². The lowest BCUT2D eigenvalue weighted by atomic mass is 10.1. The van der Waals surface area contributed by atoms with Gasteiger partial charge in [-0.15, -0.1) is 0 Å². The fourth-order valence-corrected chi connectivity index (χ4v) is 2.14. The van der Waals surface area contributed by atoms with Crippen molar-refractivity contribution in [2.24, 2.45) is 0 Å². The van der Waals surface area contributed by atoms with Gasteiger partial charge in [-0.1, -0.05) is 54.7 Å². The van der Waals surface area contributed by atoms with Crippen LogP contribution in [0.2, 0.25) is 0 Å². The smallest absolute Gasteiger partial charge is 0.0797 e. The van der Waals surface area contributed by atoms with Crippen LogP contribution in [0.1, 0.15) is 11.1 Å². The molecule has 3 N–H and O–H groups in total. The van der Waals surface area contributed by atoms with Crippen molar-refractivity contribution in [3.8, 4) is 0 Å². The summed E-state index contributed by atoms with van der Waals surface area (Å²) in [4.78, 5) is 0.890. The molecule has 2 rings (SSSR count). The van der Waals surface area contributed by atoms with Gasteiger partial charge in [0.1, 0.15) is 0 Å².